The van der Waals surface area contributed by atoms with Crippen molar-refractivity contribution < 1.29 is 14.3 Å². The molecule has 0 bridgehead atoms. The molecule has 0 aliphatic carbocycles. The molecule has 0 fully saturated rings. The van der Waals surface area contributed by atoms with Crippen LogP contribution in [-0.4, -0.2) is 24.2 Å². The van der Waals surface area contributed by atoms with Gasteiger partial charge in [0.25, 0.3) is 5.91 Å². The molecule has 0 spiro atoms. The molecule has 0 aliphatic rings. The average molecular weight is 239 g/mol. The molecule has 0 saturated carbocycles. The molecule has 0 saturated heterocycles. The van der Waals surface area contributed by atoms with Gasteiger partial charge < -0.3 is 14.8 Å². The van der Waals surface area contributed by atoms with E-state index in [0.717, 1.165) is 12.8 Å². The topological polar surface area (TPSA) is 62.5 Å². The van der Waals surface area contributed by atoms with Crippen molar-refractivity contribution >= 4 is 5.91 Å². The van der Waals surface area contributed by atoms with Crippen LogP contribution in [0.3, 0.4) is 0 Å². The third kappa shape index (κ3) is 4.23. The van der Waals surface area contributed by atoms with Gasteiger partial charge in [0.1, 0.15) is 5.76 Å². The SMILES string of the molecule is Cc1occc1C(=O)NCCCC(C)(C)CO. The number of hydrogen-bond donors (Lipinski definition) is 2. The Morgan fingerprint density at radius 1 is 1.53 bits per heavy atom. The summed E-state index contributed by atoms with van der Waals surface area (Å²) in [4.78, 5) is 11.7. The Morgan fingerprint density at radius 3 is 2.76 bits per heavy atom. The fourth-order valence-electron chi connectivity index (χ4n) is 1.56. The van der Waals surface area contributed by atoms with Crippen LogP contribution in [0, 0.1) is 12.3 Å². The van der Waals surface area contributed by atoms with Gasteiger partial charge in [0.2, 0.25) is 0 Å². The van der Waals surface area contributed by atoms with E-state index in [1.165, 1.54) is 6.26 Å². The zero-order valence-electron chi connectivity index (χ0n) is 10.7. The molecular weight excluding hydrogens is 218 g/mol. The number of hydrogen-bond acceptors (Lipinski definition) is 3. The van der Waals surface area contributed by atoms with Gasteiger partial charge >= 0.3 is 0 Å². The minimum Gasteiger partial charge on any atom is -0.469 e. The molecule has 0 atom stereocenters. The summed E-state index contributed by atoms with van der Waals surface area (Å²) < 4.78 is 5.07. The lowest BCUT2D eigenvalue weighted by atomic mass is 9.89. The van der Waals surface area contributed by atoms with Crippen molar-refractivity contribution in [2.75, 3.05) is 13.2 Å². The van der Waals surface area contributed by atoms with Gasteiger partial charge in [-0.3, -0.25) is 4.79 Å². The van der Waals surface area contributed by atoms with E-state index in [1.54, 1.807) is 13.0 Å². The summed E-state index contributed by atoms with van der Waals surface area (Å²) in [7, 11) is 0. The first kappa shape index (κ1) is 13.8. The van der Waals surface area contributed by atoms with Crippen molar-refractivity contribution in [3.63, 3.8) is 0 Å². The molecule has 0 radical (unpaired) electrons. The van der Waals surface area contributed by atoms with Crippen LogP contribution in [-0.2, 0) is 0 Å². The summed E-state index contributed by atoms with van der Waals surface area (Å²) in [5.41, 5.74) is 0.516. The maximum Gasteiger partial charge on any atom is 0.254 e. The first-order valence-corrected chi connectivity index (χ1v) is 5.89. The normalized spacial score (nSPS) is 11.5. The van der Waals surface area contributed by atoms with Crippen LogP contribution >= 0.6 is 0 Å². The van der Waals surface area contributed by atoms with Gasteiger partial charge in [0.15, 0.2) is 0 Å². The van der Waals surface area contributed by atoms with Crippen LogP contribution < -0.4 is 5.32 Å². The maximum absolute atomic E-state index is 11.7. The van der Waals surface area contributed by atoms with Gasteiger partial charge in [-0.05, 0) is 31.2 Å². The van der Waals surface area contributed by atoms with Crippen LogP contribution in [0.25, 0.3) is 0 Å². The summed E-state index contributed by atoms with van der Waals surface area (Å²) in [6, 6.07) is 1.67. The van der Waals surface area contributed by atoms with Crippen molar-refractivity contribution in [3.8, 4) is 0 Å². The third-order valence-corrected chi connectivity index (χ3v) is 2.85. The minimum atomic E-state index is -0.0990. The van der Waals surface area contributed by atoms with Gasteiger partial charge in [-0.15, -0.1) is 0 Å². The van der Waals surface area contributed by atoms with E-state index in [0.29, 0.717) is 17.9 Å². The Morgan fingerprint density at radius 2 is 2.24 bits per heavy atom. The Bertz CT molecular complexity index is 368. The molecule has 17 heavy (non-hydrogen) atoms. The monoisotopic (exact) mass is 239 g/mol. The highest BCUT2D eigenvalue weighted by atomic mass is 16.3. The highest BCUT2D eigenvalue weighted by Gasteiger charge is 2.16. The van der Waals surface area contributed by atoms with Gasteiger partial charge in [0, 0.05) is 13.2 Å². The predicted molar refractivity (Wildman–Crippen MR) is 65.9 cm³/mol. The standard InChI is InChI=1S/C13H21NO3/c1-10-11(5-8-17-10)12(16)14-7-4-6-13(2,3)9-15/h5,8,15H,4,6-7,9H2,1-3H3,(H,14,16). The molecule has 0 aliphatic heterocycles. The van der Waals surface area contributed by atoms with E-state index in [1.807, 2.05) is 13.8 Å². The molecule has 4 heteroatoms. The summed E-state index contributed by atoms with van der Waals surface area (Å²) >= 11 is 0. The smallest absolute Gasteiger partial charge is 0.254 e. The molecular formula is C13H21NO3. The van der Waals surface area contributed by atoms with E-state index in [4.69, 9.17) is 9.52 Å². The van der Waals surface area contributed by atoms with Crippen LogP contribution in [0.2, 0.25) is 0 Å². The summed E-state index contributed by atoms with van der Waals surface area (Å²) in [5.74, 6) is 0.538. The average Bonchev–Trinajstić information content (AvgIpc) is 2.71. The van der Waals surface area contributed by atoms with E-state index in [2.05, 4.69) is 5.32 Å². The van der Waals surface area contributed by atoms with Crippen molar-refractivity contribution in [2.24, 2.45) is 5.41 Å². The van der Waals surface area contributed by atoms with E-state index >= 15 is 0 Å². The summed E-state index contributed by atoms with van der Waals surface area (Å²) in [6.45, 7) is 6.57. The number of amides is 1. The molecule has 2 N–H and O–H groups in total. The van der Waals surface area contributed by atoms with Gasteiger partial charge in [0.05, 0.1) is 11.8 Å². The van der Waals surface area contributed by atoms with E-state index < -0.39 is 0 Å². The lowest BCUT2D eigenvalue weighted by molar-refractivity contribution is 0.0947. The highest BCUT2D eigenvalue weighted by molar-refractivity contribution is 5.94. The van der Waals surface area contributed by atoms with E-state index in [9.17, 15) is 4.79 Å². The third-order valence-electron chi connectivity index (χ3n) is 2.85. The summed E-state index contributed by atoms with van der Waals surface area (Å²) in [6.07, 6.45) is 3.25. The lowest BCUT2D eigenvalue weighted by Gasteiger charge is -2.21. The number of carbonyl (C=O) groups is 1. The highest BCUT2D eigenvalue weighted by Crippen LogP contribution is 2.20. The van der Waals surface area contributed by atoms with Crippen LogP contribution in [0.5, 0.6) is 0 Å². The molecule has 1 aromatic heterocycles. The van der Waals surface area contributed by atoms with Gasteiger partial charge in [-0.2, -0.15) is 0 Å². The minimum absolute atomic E-state index is 0.0731. The molecule has 0 aromatic carbocycles. The number of furan rings is 1. The maximum atomic E-state index is 11.7. The second-order valence-corrected chi connectivity index (χ2v) is 5.07. The largest absolute Gasteiger partial charge is 0.469 e. The molecule has 4 nitrogen and oxygen atoms in total. The fraction of sp³-hybridized carbons (Fsp3) is 0.615. The lowest BCUT2D eigenvalue weighted by Crippen LogP contribution is -2.26. The molecule has 1 rings (SSSR count). The van der Waals surface area contributed by atoms with Crippen molar-refractivity contribution in [1.82, 2.24) is 5.32 Å². The molecule has 0 unspecified atom stereocenters. The Labute approximate surface area is 102 Å². The Hall–Kier alpha value is -1.29. The van der Waals surface area contributed by atoms with Crippen molar-refractivity contribution in [2.45, 2.75) is 33.6 Å². The second-order valence-electron chi connectivity index (χ2n) is 5.07. The number of aryl methyl sites for hydroxylation is 1. The fourth-order valence-corrected chi connectivity index (χ4v) is 1.56. The van der Waals surface area contributed by atoms with E-state index in [-0.39, 0.29) is 17.9 Å². The quantitative estimate of drug-likeness (QED) is 0.747. The molecule has 1 aromatic rings. The van der Waals surface area contributed by atoms with Crippen LogP contribution in [0.1, 0.15) is 42.8 Å². The Balaban J connectivity index is 2.29. The summed E-state index contributed by atoms with van der Waals surface area (Å²) in [5, 5.41) is 11.9. The molecule has 96 valence electrons. The zero-order valence-corrected chi connectivity index (χ0v) is 10.7. The van der Waals surface area contributed by atoms with Crippen molar-refractivity contribution in [1.29, 1.82) is 0 Å². The zero-order chi connectivity index (χ0) is 12.9. The van der Waals surface area contributed by atoms with Crippen molar-refractivity contribution in [3.05, 3.63) is 23.7 Å². The molecule has 1 heterocycles. The van der Waals surface area contributed by atoms with Crippen LogP contribution in [0.15, 0.2) is 16.7 Å². The molecule has 1 amide bonds. The number of nitrogens with one attached hydrogen (secondary N) is 1. The number of aliphatic hydroxyl groups is 1. The number of rotatable bonds is 6. The number of aliphatic hydroxyl groups excluding tert-OH is 1. The first-order valence-electron chi connectivity index (χ1n) is 5.89. The van der Waals surface area contributed by atoms with Crippen LogP contribution in [0.4, 0.5) is 0 Å². The van der Waals surface area contributed by atoms with Gasteiger partial charge in [-0.1, -0.05) is 13.8 Å². The number of carbonyl (C=O) groups excluding carboxylic acids is 1. The van der Waals surface area contributed by atoms with Gasteiger partial charge in [-0.25, -0.2) is 0 Å². The second kappa shape index (κ2) is 5.87. The first-order chi connectivity index (χ1) is 7.96. The Kier molecular flexibility index (Phi) is 4.75. The predicted octanol–water partition coefficient (Wildman–Crippen LogP) is 2.12.